The van der Waals surface area contributed by atoms with Gasteiger partial charge in [0.1, 0.15) is 23.1 Å². The van der Waals surface area contributed by atoms with Crippen molar-refractivity contribution in [1.82, 2.24) is 0 Å². The fourth-order valence-electron chi connectivity index (χ4n) is 2.55. The summed E-state index contributed by atoms with van der Waals surface area (Å²) in [4.78, 5) is 11.8. The van der Waals surface area contributed by atoms with Crippen LogP contribution in [-0.2, 0) is 11.2 Å². The Morgan fingerprint density at radius 1 is 1.04 bits per heavy atom. The largest absolute Gasteiger partial charge is 0.497 e. The van der Waals surface area contributed by atoms with Gasteiger partial charge in [0.15, 0.2) is 0 Å². The predicted molar refractivity (Wildman–Crippen MR) is 86.6 cm³/mol. The number of hydrogen-bond donors (Lipinski definition) is 1. The van der Waals surface area contributed by atoms with E-state index in [9.17, 15) is 14.3 Å². The molecule has 0 aliphatic carbocycles. The van der Waals surface area contributed by atoms with Gasteiger partial charge in [-0.3, -0.25) is 4.79 Å². The van der Waals surface area contributed by atoms with Gasteiger partial charge in [-0.1, -0.05) is 6.07 Å². The molecule has 128 valence electrons. The summed E-state index contributed by atoms with van der Waals surface area (Å²) >= 11 is 0. The molecule has 1 unspecified atom stereocenters. The van der Waals surface area contributed by atoms with Gasteiger partial charge in [0, 0.05) is 11.6 Å². The lowest BCUT2D eigenvalue weighted by Gasteiger charge is -2.18. The molecule has 0 bridgehead atoms. The molecule has 0 saturated heterocycles. The fourth-order valence-corrected chi connectivity index (χ4v) is 2.55. The molecule has 0 spiro atoms. The molecule has 24 heavy (non-hydrogen) atoms. The lowest BCUT2D eigenvalue weighted by atomic mass is 9.90. The molecule has 0 aromatic heterocycles. The maximum Gasteiger partial charge on any atom is 0.311 e. The van der Waals surface area contributed by atoms with E-state index in [2.05, 4.69) is 0 Å². The Hall–Kier alpha value is -2.76. The van der Waals surface area contributed by atoms with Gasteiger partial charge in [-0.2, -0.15) is 0 Å². The first-order valence-corrected chi connectivity index (χ1v) is 7.27. The van der Waals surface area contributed by atoms with Crippen LogP contribution in [0.3, 0.4) is 0 Å². The van der Waals surface area contributed by atoms with E-state index in [-0.39, 0.29) is 12.0 Å². The van der Waals surface area contributed by atoms with Gasteiger partial charge < -0.3 is 19.3 Å². The molecule has 0 amide bonds. The first-order valence-electron chi connectivity index (χ1n) is 7.27. The van der Waals surface area contributed by atoms with Crippen molar-refractivity contribution in [2.75, 3.05) is 21.3 Å². The number of aliphatic carboxylic acids is 1. The molecule has 2 aromatic carbocycles. The van der Waals surface area contributed by atoms with Gasteiger partial charge in [0.05, 0.1) is 27.2 Å². The number of benzene rings is 2. The number of carbonyl (C=O) groups is 1. The van der Waals surface area contributed by atoms with E-state index in [1.165, 1.54) is 39.5 Å². The van der Waals surface area contributed by atoms with E-state index >= 15 is 0 Å². The van der Waals surface area contributed by atoms with Crippen molar-refractivity contribution in [2.24, 2.45) is 0 Å². The number of carboxylic acid groups (broad SMARTS) is 1. The minimum absolute atomic E-state index is 0.127. The predicted octanol–water partition coefficient (Wildman–Crippen LogP) is 3.26. The zero-order chi connectivity index (χ0) is 17.7. The first kappa shape index (κ1) is 17.6. The van der Waals surface area contributed by atoms with E-state index in [0.29, 0.717) is 22.8 Å². The standard InChI is InChI=1S/C18H19FO5/c1-22-13-6-4-11(17(10-13)24-3)8-15(18(20)21)14-9-12(19)5-7-16(14)23-2/h4-7,9-10,15H,8H2,1-3H3,(H,20,21). The molecule has 0 heterocycles. The van der Waals surface area contributed by atoms with Crippen LogP contribution < -0.4 is 14.2 Å². The highest BCUT2D eigenvalue weighted by Gasteiger charge is 2.26. The van der Waals surface area contributed by atoms with Crippen LogP contribution in [0.5, 0.6) is 17.2 Å². The van der Waals surface area contributed by atoms with E-state index in [1.54, 1.807) is 18.2 Å². The summed E-state index contributed by atoms with van der Waals surface area (Å²) < 4.78 is 29.2. The molecule has 2 aromatic rings. The third-order valence-corrected chi connectivity index (χ3v) is 3.78. The lowest BCUT2D eigenvalue weighted by molar-refractivity contribution is -0.138. The maximum absolute atomic E-state index is 13.6. The summed E-state index contributed by atoms with van der Waals surface area (Å²) in [6, 6.07) is 8.98. The molecule has 1 atom stereocenters. The van der Waals surface area contributed by atoms with Crippen LogP contribution in [0.15, 0.2) is 36.4 Å². The molecule has 6 heteroatoms. The van der Waals surface area contributed by atoms with Crippen molar-refractivity contribution < 1.29 is 28.5 Å². The number of ether oxygens (including phenoxy) is 3. The minimum atomic E-state index is -1.07. The Morgan fingerprint density at radius 2 is 1.75 bits per heavy atom. The van der Waals surface area contributed by atoms with Crippen molar-refractivity contribution in [3.05, 3.63) is 53.3 Å². The first-order chi connectivity index (χ1) is 11.5. The van der Waals surface area contributed by atoms with E-state index in [0.717, 1.165) is 0 Å². The van der Waals surface area contributed by atoms with Crippen LogP contribution >= 0.6 is 0 Å². The van der Waals surface area contributed by atoms with Gasteiger partial charge in [-0.15, -0.1) is 0 Å². The van der Waals surface area contributed by atoms with Crippen LogP contribution in [0.4, 0.5) is 4.39 Å². The van der Waals surface area contributed by atoms with Gasteiger partial charge in [-0.25, -0.2) is 4.39 Å². The van der Waals surface area contributed by atoms with Crippen molar-refractivity contribution >= 4 is 5.97 Å². The Bertz CT molecular complexity index is 729. The topological polar surface area (TPSA) is 65.0 Å². The van der Waals surface area contributed by atoms with Crippen molar-refractivity contribution in [1.29, 1.82) is 0 Å². The normalized spacial score (nSPS) is 11.7. The minimum Gasteiger partial charge on any atom is -0.497 e. The highest BCUT2D eigenvalue weighted by atomic mass is 19.1. The van der Waals surface area contributed by atoms with Crippen LogP contribution in [-0.4, -0.2) is 32.4 Å². The second-order valence-corrected chi connectivity index (χ2v) is 5.16. The molecule has 0 saturated carbocycles. The van der Waals surface area contributed by atoms with E-state index in [1.807, 2.05) is 0 Å². The van der Waals surface area contributed by atoms with Crippen LogP contribution in [0.2, 0.25) is 0 Å². The van der Waals surface area contributed by atoms with Crippen molar-refractivity contribution in [3.8, 4) is 17.2 Å². The Balaban J connectivity index is 2.44. The zero-order valence-electron chi connectivity index (χ0n) is 13.7. The van der Waals surface area contributed by atoms with Crippen LogP contribution in [0.1, 0.15) is 17.0 Å². The Morgan fingerprint density at radius 3 is 2.33 bits per heavy atom. The molecular formula is C18H19FO5. The van der Waals surface area contributed by atoms with Gasteiger partial charge in [0.25, 0.3) is 0 Å². The number of rotatable bonds is 7. The lowest BCUT2D eigenvalue weighted by Crippen LogP contribution is -2.16. The quantitative estimate of drug-likeness (QED) is 0.842. The van der Waals surface area contributed by atoms with E-state index in [4.69, 9.17) is 14.2 Å². The molecule has 1 N–H and O–H groups in total. The smallest absolute Gasteiger partial charge is 0.311 e. The van der Waals surface area contributed by atoms with E-state index < -0.39 is 17.7 Å². The molecule has 0 aliphatic rings. The fraction of sp³-hybridized carbons (Fsp3) is 0.278. The Labute approximate surface area is 139 Å². The summed E-state index contributed by atoms with van der Waals surface area (Å²) in [6.07, 6.45) is 0.127. The SMILES string of the molecule is COc1ccc(CC(C(=O)O)c2cc(F)ccc2OC)c(OC)c1. The number of methoxy groups -OCH3 is 3. The van der Waals surface area contributed by atoms with Gasteiger partial charge >= 0.3 is 5.97 Å². The summed E-state index contributed by atoms with van der Waals surface area (Å²) in [7, 11) is 4.45. The third-order valence-electron chi connectivity index (χ3n) is 3.78. The summed E-state index contributed by atoms with van der Waals surface area (Å²) in [6.45, 7) is 0. The molecule has 0 radical (unpaired) electrons. The molecule has 5 nitrogen and oxygen atoms in total. The highest BCUT2D eigenvalue weighted by Crippen LogP contribution is 2.34. The third kappa shape index (κ3) is 3.76. The second-order valence-electron chi connectivity index (χ2n) is 5.16. The molecular weight excluding hydrogens is 315 g/mol. The monoisotopic (exact) mass is 334 g/mol. The van der Waals surface area contributed by atoms with Crippen molar-refractivity contribution in [3.63, 3.8) is 0 Å². The molecule has 2 rings (SSSR count). The zero-order valence-corrected chi connectivity index (χ0v) is 13.7. The second kappa shape index (κ2) is 7.68. The van der Waals surface area contributed by atoms with Crippen molar-refractivity contribution in [2.45, 2.75) is 12.3 Å². The maximum atomic E-state index is 13.6. The van der Waals surface area contributed by atoms with Gasteiger partial charge in [-0.05, 0) is 36.2 Å². The summed E-state index contributed by atoms with van der Waals surface area (Å²) in [5.74, 6) is -1.12. The summed E-state index contributed by atoms with van der Waals surface area (Å²) in [5, 5.41) is 9.62. The Kier molecular flexibility index (Phi) is 5.63. The van der Waals surface area contributed by atoms with Crippen LogP contribution in [0.25, 0.3) is 0 Å². The average molecular weight is 334 g/mol. The van der Waals surface area contributed by atoms with Gasteiger partial charge in [0.2, 0.25) is 0 Å². The van der Waals surface area contributed by atoms with Crippen LogP contribution in [0, 0.1) is 5.82 Å². The summed E-state index contributed by atoms with van der Waals surface area (Å²) in [5.41, 5.74) is 0.958. The average Bonchev–Trinajstić information content (AvgIpc) is 2.59. The number of hydrogen-bond acceptors (Lipinski definition) is 4. The highest BCUT2D eigenvalue weighted by molar-refractivity contribution is 5.78. The number of carboxylic acids is 1. The molecule has 0 fully saturated rings. The number of halogens is 1. The molecule has 0 aliphatic heterocycles.